The molecule has 4 unspecified atom stereocenters. The second-order valence-electron chi connectivity index (χ2n) is 2.63. The summed E-state index contributed by atoms with van der Waals surface area (Å²) in [4.78, 5) is 0. The molecule has 3 nitrogen and oxygen atoms in total. The van der Waals surface area contributed by atoms with Gasteiger partial charge in [0.1, 0.15) is 0 Å². The molecule has 1 fully saturated rings. The van der Waals surface area contributed by atoms with Crippen molar-refractivity contribution in [3.8, 4) is 0 Å². The highest BCUT2D eigenvalue weighted by atomic mass is 31.0. The zero-order valence-electron chi connectivity index (χ0n) is 5.99. The Bertz CT molecular complexity index is 99.2. The molecule has 1 rings (SSSR count). The average molecular weight is 164 g/mol. The maximum atomic E-state index is 9.07. The van der Waals surface area contributed by atoms with Gasteiger partial charge < -0.3 is 14.4 Å². The smallest absolute Gasteiger partial charge is 0.157 e. The van der Waals surface area contributed by atoms with Crippen molar-refractivity contribution in [3.63, 3.8) is 0 Å². The molecule has 0 saturated carbocycles. The van der Waals surface area contributed by atoms with E-state index in [-0.39, 0.29) is 12.2 Å². The first-order valence-electron chi connectivity index (χ1n) is 3.41. The molecule has 0 bridgehead atoms. The van der Waals surface area contributed by atoms with E-state index >= 15 is 0 Å². The SMILES string of the molecule is CC1CC(OP)CC(O)O1. The van der Waals surface area contributed by atoms with Crippen LogP contribution in [0, 0.1) is 0 Å². The number of aliphatic hydroxyl groups excluding tert-OH is 1. The summed E-state index contributed by atoms with van der Waals surface area (Å²) in [7, 11) is 2.21. The molecule has 1 heterocycles. The van der Waals surface area contributed by atoms with Crippen LogP contribution in [0.15, 0.2) is 0 Å². The van der Waals surface area contributed by atoms with Gasteiger partial charge in [-0.1, -0.05) is 0 Å². The lowest BCUT2D eigenvalue weighted by Crippen LogP contribution is -2.34. The first-order valence-corrected chi connectivity index (χ1v) is 3.88. The molecule has 60 valence electrons. The van der Waals surface area contributed by atoms with Gasteiger partial charge in [0, 0.05) is 22.3 Å². The van der Waals surface area contributed by atoms with Crippen molar-refractivity contribution in [1.82, 2.24) is 0 Å². The molecule has 0 amide bonds. The summed E-state index contributed by atoms with van der Waals surface area (Å²) >= 11 is 0. The Hall–Kier alpha value is 0.310. The molecule has 1 aliphatic rings. The lowest BCUT2D eigenvalue weighted by Gasteiger charge is -2.29. The topological polar surface area (TPSA) is 38.7 Å². The normalized spacial score (nSPS) is 41.7. The zero-order chi connectivity index (χ0) is 7.56. The number of ether oxygens (including phenoxy) is 1. The van der Waals surface area contributed by atoms with Crippen LogP contribution in [0.4, 0.5) is 0 Å². The van der Waals surface area contributed by atoms with Crippen LogP contribution in [0.1, 0.15) is 19.8 Å². The Labute approximate surface area is 63.0 Å². The van der Waals surface area contributed by atoms with Gasteiger partial charge >= 0.3 is 0 Å². The molecule has 0 aromatic carbocycles. The number of aliphatic hydroxyl groups is 1. The van der Waals surface area contributed by atoms with E-state index in [4.69, 9.17) is 14.4 Å². The predicted molar refractivity (Wildman–Crippen MR) is 40.4 cm³/mol. The summed E-state index contributed by atoms with van der Waals surface area (Å²) < 4.78 is 10.1. The molecule has 10 heavy (non-hydrogen) atoms. The standard InChI is InChI=1S/C6H13O3P/c1-4-2-5(9-10)3-6(7)8-4/h4-7H,2-3,10H2,1H3. The van der Waals surface area contributed by atoms with Gasteiger partial charge in [-0.3, -0.25) is 0 Å². The molecule has 1 saturated heterocycles. The minimum Gasteiger partial charge on any atom is -0.368 e. The van der Waals surface area contributed by atoms with Crippen molar-refractivity contribution in [2.75, 3.05) is 0 Å². The molecule has 0 aliphatic carbocycles. The Morgan fingerprint density at radius 3 is 2.80 bits per heavy atom. The third-order valence-corrected chi connectivity index (χ3v) is 2.03. The molecule has 4 atom stereocenters. The van der Waals surface area contributed by atoms with Gasteiger partial charge in [-0.15, -0.1) is 0 Å². The van der Waals surface area contributed by atoms with E-state index in [1.165, 1.54) is 0 Å². The molecule has 1 aliphatic heterocycles. The maximum absolute atomic E-state index is 9.07. The van der Waals surface area contributed by atoms with Crippen molar-refractivity contribution >= 4 is 9.47 Å². The predicted octanol–water partition coefficient (Wildman–Crippen LogP) is 0.679. The van der Waals surface area contributed by atoms with Crippen molar-refractivity contribution in [3.05, 3.63) is 0 Å². The largest absolute Gasteiger partial charge is 0.368 e. The fraction of sp³-hybridized carbons (Fsp3) is 1.00. The lowest BCUT2D eigenvalue weighted by molar-refractivity contribution is -0.178. The zero-order valence-corrected chi connectivity index (χ0v) is 7.14. The van der Waals surface area contributed by atoms with E-state index in [1.54, 1.807) is 0 Å². The maximum Gasteiger partial charge on any atom is 0.157 e. The fourth-order valence-corrected chi connectivity index (χ4v) is 1.40. The van der Waals surface area contributed by atoms with Crippen molar-refractivity contribution < 1.29 is 14.4 Å². The third-order valence-electron chi connectivity index (χ3n) is 1.64. The fourth-order valence-electron chi connectivity index (χ4n) is 1.18. The number of hydrogen-bond donors (Lipinski definition) is 1. The minimum absolute atomic E-state index is 0.106. The monoisotopic (exact) mass is 164 g/mol. The van der Waals surface area contributed by atoms with Crippen molar-refractivity contribution in [2.45, 2.75) is 38.3 Å². The van der Waals surface area contributed by atoms with E-state index in [0.29, 0.717) is 6.42 Å². The van der Waals surface area contributed by atoms with Crippen molar-refractivity contribution in [1.29, 1.82) is 0 Å². The average Bonchev–Trinajstić information content (AvgIpc) is 1.85. The van der Waals surface area contributed by atoms with E-state index in [1.807, 2.05) is 6.92 Å². The molecular formula is C6H13O3P. The quantitative estimate of drug-likeness (QED) is 0.579. The molecule has 0 radical (unpaired) electrons. The first-order chi connectivity index (χ1) is 4.72. The number of hydrogen-bond acceptors (Lipinski definition) is 3. The molecule has 4 heteroatoms. The highest BCUT2D eigenvalue weighted by Crippen LogP contribution is 2.21. The summed E-state index contributed by atoms with van der Waals surface area (Å²) in [6.07, 6.45) is 1.03. The van der Waals surface area contributed by atoms with Crippen LogP contribution >= 0.6 is 9.47 Å². The second kappa shape index (κ2) is 3.63. The summed E-state index contributed by atoms with van der Waals surface area (Å²) in [5, 5.41) is 9.07. The van der Waals surface area contributed by atoms with Gasteiger partial charge in [0.2, 0.25) is 0 Å². The van der Waals surface area contributed by atoms with Gasteiger partial charge in [-0.2, -0.15) is 0 Å². The molecule has 0 spiro atoms. The Balaban J connectivity index is 2.35. The third kappa shape index (κ3) is 2.17. The van der Waals surface area contributed by atoms with Gasteiger partial charge in [-0.05, 0) is 6.92 Å². The van der Waals surface area contributed by atoms with Gasteiger partial charge in [0.15, 0.2) is 6.29 Å². The Kier molecular flexibility index (Phi) is 3.05. The summed E-state index contributed by atoms with van der Waals surface area (Å²) in [5.41, 5.74) is 0. The lowest BCUT2D eigenvalue weighted by atomic mass is 10.1. The first kappa shape index (κ1) is 8.41. The van der Waals surface area contributed by atoms with Crippen LogP contribution in [-0.2, 0) is 9.26 Å². The Morgan fingerprint density at radius 1 is 1.60 bits per heavy atom. The van der Waals surface area contributed by atoms with Crippen LogP contribution in [-0.4, -0.2) is 23.6 Å². The van der Waals surface area contributed by atoms with Crippen LogP contribution in [0.5, 0.6) is 0 Å². The van der Waals surface area contributed by atoms with Crippen LogP contribution < -0.4 is 0 Å². The van der Waals surface area contributed by atoms with E-state index in [2.05, 4.69) is 9.47 Å². The molecular weight excluding hydrogens is 151 g/mol. The van der Waals surface area contributed by atoms with Crippen LogP contribution in [0.3, 0.4) is 0 Å². The van der Waals surface area contributed by atoms with Gasteiger partial charge in [0.25, 0.3) is 0 Å². The second-order valence-corrected chi connectivity index (χ2v) is 2.90. The molecule has 0 aromatic rings. The van der Waals surface area contributed by atoms with Gasteiger partial charge in [0.05, 0.1) is 12.2 Å². The Morgan fingerprint density at radius 2 is 2.30 bits per heavy atom. The minimum atomic E-state index is -0.644. The highest BCUT2D eigenvalue weighted by molar-refractivity contribution is 7.09. The van der Waals surface area contributed by atoms with E-state index < -0.39 is 6.29 Å². The number of rotatable bonds is 1. The highest BCUT2D eigenvalue weighted by Gasteiger charge is 2.25. The molecule has 0 aromatic heterocycles. The van der Waals surface area contributed by atoms with Crippen molar-refractivity contribution in [2.24, 2.45) is 0 Å². The van der Waals surface area contributed by atoms with E-state index in [9.17, 15) is 0 Å². The van der Waals surface area contributed by atoms with E-state index in [0.717, 1.165) is 6.42 Å². The summed E-state index contributed by atoms with van der Waals surface area (Å²) in [6, 6.07) is 0. The summed E-state index contributed by atoms with van der Waals surface area (Å²) in [5.74, 6) is 0. The van der Waals surface area contributed by atoms with Crippen LogP contribution in [0.25, 0.3) is 0 Å². The molecule has 1 N–H and O–H groups in total. The van der Waals surface area contributed by atoms with Crippen LogP contribution in [0.2, 0.25) is 0 Å². The van der Waals surface area contributed by atoms with Gasteiger partial charge in [-0.25, -0.2) is 0 Å². The summed E-state index contributed by atoms with van der Waals surface area (Å²) in [6.45, 7) is 1.93.